The number of pyridine rings is 1. The Hall–Kier alpha value is -2.22. The average molecular weight is 279 g/mol. The SMILES string of the molecule is C#Cc1csc(-c2c(COC)[c]nc3ccccc23)n1. The van der Waals surface area contributed by atoms with E-state index in [-0.39, 0.29) is 0 Å². The third-order valence-electron chi connectivity index (χ3n) is 2.94. The number of ether oxygens (including phenoxy) is 1. The van der Waals surface area contributed by atoms with Crippen LogP contribution in [0.2, 0.25) is 0 Å². The maximum atomic E-state index is 5.40. The molecule has 20 heavy (non-hydrogen) atoms. The van der Waals surface area contributed by atoms with Crippen LogP contribution in [0.3, 0.4) is 0 Å². The van der Waals surface area contributed by atoms with Crippen LogP contribution in [0.15, 0.2) is 29.6 Å². The molecule has 1 radical (unpaired) electrons. The van der Waals surface area contributed by atoms with Gasteiger partial charge in [0.2, 0.25) is 0 Å². The fourth-order valence-corrected chi connectivity index (χ4v) is 2.92. The highest BCUT2D eigenvalue weighted by atomic mass is 32.1. The van der Waals surface area contributed by atoms with Gasteiger partial charge < -0.3 is 4.74 Å². The van der Waals surface area contributed by atoms with Crippen LogP contribution in [0.4, 0.5) is 0 Å². The summed E-state index contributed by atoms with van der Waals surface area (Å²) in [6, 6.07) is 7.93. The van der Waals surface area contributed by atoms with Gasteiger partial charge in [-0.3, -0.25) is 0 Å². The Balaban J connectivity index is 2.29. The van der Waals surface area contributed by atoms with E-state index in [2.05, 4.69) is 22.1 Å². The molecule has 0 N–H and O–H groups in total. The average Bonchev–Trinajstić information content (AvgIpc) is 2.96. The van der Waals surface area contributed by atoms with Crippen LogP contribution in [0, 0.1) is 18.5 Å². The number of benzene rings is 1. The van der Waals surface area contributed by atoms with E-state index in [9.17, 15) is 0 Å². The minimum atomic E-state index is 0.443. The lowest BCUT2D eigenvalue weighted by atomic mass is 10.0. The molecule has 0 saturated heterocycles. The normalized spacial score (nSPS) is 10.6. The van der Waals surface area contributed by atoms with Crippen LogP contribution in [-0.2, 0) is 11.3 Å². The number of fused-ring (bicyclic) bond motifs is 1. The predicted molar refractivity (Wildman–Crippen MR) is 80.3 cm³/mol. The molecule has 0 amide bonds. The van der Waals surface area contributed by atoms with E-state index in [0.29, 0.717) is 12.3 Å². The van der Waals surface area contributed by atoms with Gasteiger partial charge in [-0.2, -0.15) is 0 Å². The first-order chi connectivity index (χ1) is 9.83. The number of thiazole rings is 1. The van der Waals surface area contributed by atoms with Crippen molar-refractivity contribution in [3.05, 3.63) is 47.1 Å². The van der Waals surface area contributed by atoms with Crippen LogP contribution >= 0.6 is 11.3 Å². The summed E-state index contributed by atoms with van der Waals surface area (Å²) in [5, 5.41) is 3.79. The van der Waals surface area contributed by atoms with E-state index in [4.69, 9.17) is 11.2 Å². The lowest BCUT2D eigenvalue weighted by molar-refractivity contribution is 0.185. The van der Waals surface area contributed by atoms with Crippen molar-refractivity contribution in [2.24, 2.45) is 0 Å². The molecule has 0 atom stereocenters. The van der Waals surface area contributed by atoms with Gasteiger partial charge in [0.05, 0.1) is 18.3 Å². The van der Waals surface area contributed by atoms with Crippen molar-refractivity contribution in [2.45, 2.75) is 6.61 Å². The number of hydrogen-bond acceptors (Lipinski definition) is 4. The van der Waals surface area contributed by atoms with Crippen LogP contribution in [-0.4, -0.2) is 17.1 Å². The van der Waals surface area contributed by atoms with E-state index < -0.39 is 0 Å². The van der Waals surface area contributed by atoms with Crippen molar-refractivity contribution >= 4 is 22.2 Å². The number of rotatable bonds is 3. The van der Waals surface area contributed by atoms with Gasteiger partial charge in [0, 0.05) is 29.0 Å². The minimum Gasteiger partial charge on any atom is -0.380 e. The molecule has 3 aromatic rings. The van der Waals surface area contributed by atoms with Gasteiger partial charge >= 0.3 is 0 Å². The quantitative estimate of drug-likeness (QED) is 0.690. The number of nitrogens with zero attached hydrogens (tertiary/aromatic N) is 2. The van der Waals surface area contributed by atoms with Crippen molar-refractivity contribution in [3.8, 4) is 22.9 Å². The monoisotopic (exact) mass is 279 g/mol. The molecule has 2 aromatic heterocycles. The zero-order chi connectivity index (χ0) is 13.9. The van der Waals surface area contributed by atoms with Gasteiger partial charge in [-0.25, -0.2) is 9.97 Å². The van der Waals surface area contributed by atoms with Crippen molar-refractivity contribution in [1.29, 1.82) is 0 Å². The first-order valence-electron chi connectivity index (χ1n) is 6.04. The Labute approximate surface area is 121 Å². The molecular weight excluding hydrogens is 268 g/mol. The summed E-state index contributed by atoms with van der Waals surface area (Å²) in [4.78, 5) is 8.82. The van der Waals surface area contributed by atoms with Gasteiger partial charge in [0.1, 0.15) is 10.7 Å². The zero-order valence-corrected chi connectivity index (χ0v) is 11.7. The number of aromatic nitrogens is 2. The first-order valence-corrected chi connectivity index (χ1v) is 6.92. The summed E-state index contributed by atoms with van der Waals surface area (Å²) in [7, 11) is 1.65. The standard InChI is InChI=1S/C16H11N2OS/c1-3-12-10-20-16(18-12)15-11(9-19-2)8-17-14-7-5-4-6-13(14)15/h1,4-7,10H,9H2,2H3. The highest BCUT2D eigenvalue weighted by molar-refractivity contribution is 7.13. The number of hydrogen-bond donors (Lipinski definition) is 0. The van der Waals surface area contributed by atoms with Crippen molar-refractivity contribution in [2.75, 3.05) is 7.11 Å². The van der Waals surface area contributed by atoms with Crippen LogP contribution in [0.5, 0.6) is 0 Å². The molecule has 0 aliphatic heterocycles. The summed E-state index contributed by atoms with van der Waals surface area (Å²) in [5.41, 5.74) is 3.43. The van der Waals surface area contributed by atoms with E-state index in [1.807, 2.05) is 29.6 Å². The summed E-state index contributed by atoms with van der Waals surface area (Å²) in [6.45, 7) is 0.443. The highest BCUT2D eigenvalue weighted by Crippen LogP contribution is 2.33. The molecule has 3 nitrogen and oxygen atoms in total. The summed E-state index contributed by atoms with van der Waals surface area (Å²) in [5.74, 6) is 2.56. The lowest BCUT2D eigenvalue weighted by Gasteiger charge is -2.09. The summed E-state index contributed by atoms with van der Waals surface area (Å²) >= 11 is 1.53. The Morgan fingerprint density at radius 3 is 3.00 bits per heavy atom. The fraction of sp³-hybridized carbons (Fsp3) is 0.125. The summed E-state index contributed by atoms with van der Waals surface area (Å²) in [6.07, 6.45) is 8.45. The Kier molecular flexibility index (Phi) is 3.46. The molecular formula is C16H11N2OS. The molecule has 0 aliphatic rings. The van der Waals surface area contributed by atoms with Gasteiger partial charge in [0.15, 0.2) is 0 Å². The van der Waals surface area contributed by atoms with Crippen molar-refractivity contribution in [1.82, 2.24) is 9.97 Å². The Bertz CT molecular complexity index is 802. The lowest BCUT2D eigenvalue weighted by Crippen LogP contribution is -1.96. The van der Waals surface area contributed by atoms with E-state index >= 15 is 0 Å². The van der Waals surface area contributed by atoms with Gasteiger partial charge in [-0.05, 0) is 12.0 Å². The number of terminal acetylenes is 1. The molecule has 3 rings (SSSR count). The zero-order valence-electron chi connectivity index (χ0n) is 10.9. The Morgan fingerprint density at radius 2 is 2.25 bits per heavy atom. The largest absolute Gasteiger partial charge is 0.380 e. The molecule has 0 spiro atoms. The molecule has 2 heterocycles. The van der Waals surface area contributed by atoms with E-state index in [1.165, 1.54) is 11.3 Å². The van der Waals surface area contributed by atoms with Crippen LogP contribution < -0.4 is 0 Å². The minimum absolute atomic E-state index is 0.443. The Morgan fingerprint density at radius 1 is 1.40 bits per heavy atom. The maximum absolute atomic E-state index is 5.40. The third kappa shape index (κ3) is 2.18. The third-order valence-corrected chi connectivity index (χ3v) is 3.80. The molecule has 97 valence electrons. The van der Waals surface area contributed by atoms with Crippen LogP contribution in [0.25, 0.3) is 21.5 Å². The molecule has 0 aliphatic carbocycles. The smallest absolute Gasteiger partial charge is 0.125 e. The maximum Gasteiger partial charge on any atom is 0.125 e. The van der Waals surface area contributed by atoms with Gasteiger partial charge in [-0.1, -0.05) is 18.2 Å². The van der Waals surface area contributed by atoms with E-state index in [1.54, 1.807) is 7.11 Å². The van der Waals surface area contributed by atoms with Crippen molar-refractivity contribution in [3.63, 3.8) is 0 Å². The van der Waals surface area contributed by atoms with Gasteiger partial charge in [-0.15, -0.1) is 17.8 Å². The van der Waals surface area contributed by atoms with Crippen LogP contribution in [0.1, 0.15) is 11.3 Å². The molecule has 1 aromatic carbocycles. The molecule has 4 heteroatoms. The second kappa shape index (κ2) is 5.41. The number of methoxy groups -OCH3 is 1. The van der Waals surface area contributed by atoms with Gasteiger partial charge in [0.25, 0.3) is 0 Å². The topological polar surface area (TPSA) is 35.0 Å². The second-order valence-electron chi connectivity index (χ2n) is 4.21. The molecule has 0 fully saturated rings. The highest BCUT2D eigenvalue weighted by Gasteiger charge is 2.14. The van der Waals surface area contributed by atoms with Crippen molar-refractivity contribution < 1.29 is 4.74 Å². The second-order valence-corrected chi connectivity index (χ2v) is 5.07. The number of para-hydroxylation sites is 1. The summed E-state index contributed by atoms with van der Waals surface area (Å²) < 4.78 is 5.24. The fourth-order valence-electron chi connectivity index (χ4n) is 2.08. The predicted octanol–water partition coefficient (Wildman–Crippen LogP) is 3.29. The first kappa shape index (κ1) is 12.8. The van der Waals surface area contributed by atoms with E-state index in [0.717, 1.165) is 27.0 Å². The molecule has 0 unspecified atom stereocenters. The molecule has 0 saturated carbocycles. The molecule has 0 bridgehead atoms.